The smallest absolute Gasteiger partial charge is 0.177 e. The summed E-state index contributed by atoms with van der Waals surface area (Å²) >= 11 is 0. The van der Waals surface area contributed by atoms with Gasteiger partial charge in [-0.05, 0) is 30.5 Å². The minimum absolute atomic E-state index is 0.616. The van der Waals surface area contributed by atoms with E-state index in [2.05, 4.69) is 77.8 Å². The third kappa shape index (κ3) is 3.64. The van der Waals surface area contributed by atoms with E-state index in [-0.39, 0.29) is 0 Å². The van der Waals surface area contributed by atoms with Crippen LogP contribution >= 0.6 is 0 Å². The van der Waals surface area contributed by atoms with E-state index in [0.717, 1.165) is 22.4 Å². The van der Waals surface area contributed by atoms with Gasteiger partial charge >= 0.3 is 0 Å². The second-order valence-corrected chi connectivity index (χ2v) is 7.04. The van der Waals surface area contributed by atoms with Crippen molar-refractivity contribution in [3.05, 3.63) is 126 Å². The van der Waals surface area contributed by atoms with Crippen LogP contribution in [0.5, 0.6) is 0 Å². The van der Waals surface area contributed by atoms with Crippen molar-refractivity contribution < 1.29 is 4.74 Å². The predicted molar refractivity (Wildman–Crippen MR) is 120 cm³/mol. The van der Waals surface area contributed by atoms with Crippen LogP contribution in [0.4, 0.5) is 0 Å². The van der Waals surface area contributed by atoms with Gasteiger partial charge in [-0.2, -0.15) is 0 Å². The van der Waals surface area contributed by atoms with Crippen molar-refractivity contribution in [3.63, 3.8) is 0 Å². The van der Waals surface area contributed by atoms with E-state index < -0.39 is 5.54 Å². The zero-order valence-electron chi connectivity index (χ0n) is 17.3. The molecule has 0 saturated heterocycles. The zero-order chi connectivity index (χ0) is 20.8. The third-order valence-electron chi connectivity index (χ3n) is 5.13. The van der Waals surface area contributed by atoms with Gasteiger partial charge in [-0.3, -0.25) is 0 Å². The van der Waals surface area contributed by atoms with Crippen molar-refractivity contribution in [3.8, 4) is 0 Å². The van der Waals surface area contributed by atoms with Crippen LogP contribution < -0.4 is 0 Å². The molecule has 150 valence electrons. The van der Waals surface area contributed by atoms with Crippen LogP contribution in [0.25, 0.3) is 6.08 Å². The third-order valence-corrected chi connectivity index (χ3v) is 5.13. The van der Waals surface area contributed by atoms with Crippen molar-refractivity contribution in [2.75, 3.05) is 6.61 Å². The molecule has 0 atom stereocenters. The second kappa shape index (κ2) is 8.78. The lowest BCUT2D eigenvalue weighted by atomic mass is 9.77. The lowest BCUT2D eigenvalue weighted by molar-refractivity contribution is 0.234. The van der Waals surface area contributed by atoms with Gasteiger partial charge in [0.25, 0.3) is 0 Å². The summed E-state index contributed by atoms with van der Waals surface area (Å²) in [4.78, 5) is 4.58. The molecule has 3 aromatic carbocycles. The number of hydrogen-bond donors (Lipinski definition) is 0. The van der Waals surface area contributed by atoms with Crippen LogP contribution in [0.2, 0.25) is 0 Å². The van der Waals surface area contributed by atoms with Crippen LogP contribution in [0.3, 0.4) is 0 Å². The van der Waals surface area contributed by atoms with E-state index in [1.54, 1.807) is 6.33 Å². The van der Waals surface area contributed by atoms with Crippen LogP contribution in [0, 0.1) is 0 Å². The normalized spacial score (nSPS) is 12.0. The lowest BCUT2D eigenvalue weighted by Crippen LogP contribution is -2.38. The molecule has 1 heterocycles. The summed E-state index contributed by atoms with van der Waals surface area (Å²) in [5.74, 6) is 1.41. The van der Waals surface area contributed by atoms with Gasteiger partial charge in [0.1, 0.15) is 11.9 Å². The highest BCUT2D eigenvalue weighted by atomic mass is 16.5. The largest absolute Gasteiger partial charge is 0.498 e. The van der Waals surface area contributed by atoms with Gasteiger partial charge in [0.05, 0.1) is 12.4 Å². The van der Waals surface area contributed by atoms with E-state index in [9.17, 15) is 0 Å². The fraction of sp³-hybridized carbons (Fsp3) is 0.154. The maximum absolute atomic E-state index is 5.57. The first kappa shape index (κ1) is 19.6. The average molecular weight is 396 g/mol. The molecule has 0 saturated carbocycles. The number of benzene rings is 3. The molecule has 0 bridgehead atoms. The Bertz CT molecular complexity index is 1010. The van der Waals surface area contributed by atoms with Gasteiger partial charge in [-0.15, -0.1) is 5.10 Å². The van der Waals surface area contributed by atoms with Crippen molar-refractivity contribution in [1.29, 1.82) is 0 Å². The highest BCUT2D eigenvalue weighted by molar-refractivity contribution is 5.50. The molecule has 0 N–H and O–H groups in total. The highest BCUT2D eigenvalue weighted by Crippen LogP contribution is 2.40. The number of hydrogen-bond acceptors (Lipinski definition) is 3. The number of ether oxygens (including phenoxy) is 1. The molecule has 4 nitrogen and oxygen atoms in total. The molecular formula is C26H25N3O. The minimum atomic E-state index is -0.650. The van der Waals surface area contributed by atoms with E-state index in [1.807, 2.05) is 42.8 Å². The molecule has 1 aromatic heterocycles. The van der Waals surface area contributed by atoms with Gasteiger partial charge in [-0.25, -0.2) is 9.67 Å². The molecule has 4 heteroatoms. The van der Waals surface area contributed by atoms with Crippen molar-refractivity contribution in [2.24, 2.45) is 0 Å². The zero-order valence-corrected chi connectivity index (χ0v) is 17.3. The van der Waals surface area contributed by atoms with Crippen molar-refractivity contribution in [2.45, 2.75) is 19.4 Å². The topological polar surface area (TPSA) is 39.9 Å². The molecule has 4 aromatic rings. The molecule has 30 heavy (non-hydrogen) atoms. The first-order chi connectivity index (χ1) is 14.7. The molecular weight excluding hydrogens is 370 g/mol. The first-order valence-electron chi connectivity index (χ1n) is 10.1. The van der Waals surface area contributed by atoms with Crippen LogP contribution in [-0.2, 0) is 10.3 Å². The van der Waals surface area contributed by atoms with Gasteiger partial charge in [-0.1, -0.05) is 91.0 Å². The van der Waals surface area contributed by atoms with E-state index in [0.29, 0.717) is 12.4 Å². The Morgan fingerprint density at radius 1 is 0.833 bits per heavy atom. The Kier molecular flexibility index (Phi) is 5.75. The summed E-state index contributed by atoms with van der Waals surface area (Å²) in [5, 5.41) is 4.88. The van der Waals surface area contributed by atoms with Crippen molar-refractivity contribution >= 4 is 6.08 Å². The quantitative estimate of drug-likeness (QED) is 0.306. The molecule has 0 spiro atoms. The summed E-state index contributed by atoms with van der Waals surface area (Å²) in [6, 6.07) is 31.3. The molecule has 0 unspecified atom stereocenters. The molecule has 0 aliphatic carbocycles. The Labute approximate surface area is 177 Å². The predicted octanol–water partition coefficient (Wildman–Crippen LogP) is 5.52. The van der Waals surface area contributed by atoms with Crippen molar-refractivity contribution in [1.82, 2.24) is 14.8 Å². The Hall–Kier alpha value is -3.66. The maximum atomic E-state index is 5.57. The molecule has 0 fully saturated rings. The van der Waals surface area contributed by atoms with Gasteiger partial charge in [0, 0.05) is 6.08 Å². The maximum Gasteiger partial charge on any atom is 0.177 e. The molecule has 0 radical (unpaired) electrons. The Morgan fingerprint density at radius 2 is 1.30 bits per heavy atom. The second-order valence-electron chi connectivity index (χ2n) is 7.04. The van der Waals surface area contributed by atoms with Crippen LogP contribution in [-0.4, -0.2) is 21.4 Å². The monoisotopic (exact) mass is 395 g/mol. The average Bonchev–Trinajstić information content (AvgIpc) is 3.25. The lowest BCUT2D eigenvalue weighted by Gasteiger charge is -2.35. The molecule has 0 amide bonds. The van der Waals surface area contributed by atoms with Crippen LogP contribution in [0.1, 0.15) is 36.4 Å². The standard InChI is InChI=1S/C26H25N3O/c1-3-30-21(2)19-25-27-20-29(28-25)26(22-13-7-4-8-14-22,23-15-9-5-10-16-23)24-17-11-6-12-18-24/h4-20H,3H2,1-2H3/b21-19+. The van der Waals surface area contributed by atoms with E-state index in [1.165, 1.54) is 0 Å². The van der Waals surface area contributed by atoms with Gasteiger partial charge in [0.2, 0.25) is 0 Å². The number of allylic oxidation sites excluding steroid dienone is 1. The van der Waals surface area contributed by atoms with E-state index in [4.69, 9.17) is 9.84 Å². The Morgan fingerprint density at radius 3 is 1.73 bits per heavy atom. The van der Waals surface area contributed by atoms with Crippen LogP contribution in [0.15, 0.2) is 103 Å². The molecule has 4 rings (SSSR count). The first-order valence-corrected chi connectivity index (χ1v) is 10.1. The van der Waals surface area contributed by atoms with Gasteiger partial charge < -0.3 is 4.74 Å². The SMILES string of the molecule is CCO/C(C)=C/c1ncn(C(c2ccccc2)(c2ccccc2)c2ccccc2)n1. The Balaban J connectivity index is 1.99. The minimum Gasteiger partial charge on any atom is -0.498 e. The fourth-order valence-corrected chi connectivity index (χ4v) is 3.89. The summed E-state index contributed by atoms with van der Waals surface area (Å²) in [7, 11) is 0. The highest BCUT2D eigenvalue weighted by Gasteiger charge is 2.39. The summed E-state index contributed by atoms with van der Waals surface area (Å²) in [6.45, 7) is 4.50. The summed E-state index contributed by atoms with van der Waals surface area (Å²) in [5.41, 5.74) is 2.70. The molecule has 0 aliphatic rings. The van der Waals surface area contributed by atoms with Gasteiger partial charge in [0.15, 0.2) is 5.82 Å². The number of nitrogens with zero attached hydrogens (tertiary/aromatic N) is 3. The summed E-state index contributed by atoms with van der Waals surface area (Å²) in [6.07, 6.45) is 3.67. The number of aromatic nitrogens is 3. The molecule has 0 aliphatic heterocycles. The van der Waals surface area contributed by atoms with E-state index >= 15 is 0 Å². The fourth-order valence-electron chi connectivity index (χ4n) is 3.89. The number of rotatable bonds is 7. The summed E-state index contributed by atoms with van der Waals surface area (Å²) < 4.78 is 7.52.